The Morgan fingerprint density at radius 3 is 2.89 bits per heavy atom. The number of alkyl halides is 1. The van der Waals surface area contributed by atoms with E-state index in [0.29, 0.717) is 0 Å². The summed E-state index contributed by atoms with van der Waals surface area (Å²) >= 11 is 5.51. The molecule has 1 nitrogen and oxygen atoms in total. The van der Waals surface area contributed by atoms with E-state index in [1.165, 1.54) is 40.6 Å². The van der Waals surface area contributed by atoms with E-state index in [1.54, 1.807) is 19.2 Å². The van der Waals surface area contributed by atoms with Crippen molar-refractivity contribution in [1.82, 2.24) is 0 Å². The van der Waals surface area contributed by atoms with Crippen molar-refractivity contribution in [2.45, 2.75) is 24.1 Å². The number of aryl methyl sites for hydroxylation is 2. The van der Waals surface area contributed by atoms with Crippen LogP contribution in [0.1, 0.15) is 32.1 Å². The Hall–Kier alpha value is -0.870. The van der Waals surface area contributed by atoms with E-state index in [1.807, 2.05) is 11.3 Å². The summed E-state index contributed by atoms with van der Waals surface area (Å²) in [5, 5.41) is 0. The van der Waals surface area contributed by atoms with Gasteiger partial charge in [0.2, 0.25) is 0 Å². The number of hydrogen-bond donors (Lipinski definition) is 0. The highest BCUT2D eigenvalue weighted by molar-refractivity contribution is 9.09. The van der Waals surface area contributed by atoms with Crippen LogP contribution >= 0.6 is 27.3 Å². The van der Waals surface area contributed by atoms with Gasteiger partial charge in [0, 0.05) is 15.3 Å². The number of halogens is 2. The van der Waals surface area contributed by atoms with Crippen LogP contribution in [0, 0.1) is 5.82 Å². The maximum Gasteiger partial charge on any atom is 0.123 e. The second-order valence-corrected chi connectivity index (χ2v) is 6.78. The average molecular weight is 341 g/mol. The summed E-state index contributed by atoms with van der Waals surface area (Å²) in [6.45, 7) is 0. The molecule has 0 spiro atoms. The second kappa shape index (κ2) is 5.25. The molecule has 0 bridgehead atoms. The van der Waals surface area contributed by atoms with Crippen molar-refractivity contribution in [3.05, 3.63) is 51.0 Å². The van der Waals surface area contributed by atoms with Crippen molar-refractivity contribution in [3.8, 4) is 5.75 Å². The minimum Gasteiger partial charge on any atom is -0.496 e. The summed E-state index contributed by atoms with van der Waals surface area (Å²) in [5.41, 5.74) is 2.31. The first-order chi connectivity index (χ1) is 9.19. The Morgan fingerprint density at radius 1 is 1.32 bits per heavy atom. The highest BCUT2D eigenvalue weighted by Crippen LogP contribution is 2.42. The van der Waals surface area contributed by atoms with Crippen LogP contribution in [-0.4, -0.2) is 7.11 Å². The fourth-order valence-electron chi connectivity index (χ4n) is 2.53. The molecule has 100 valence electrons. The standard InChI is InChI=1S/C15H14BrFOS/c1-18-12-6-5-10(17)8-11(12)15(16)14-7-9-3-2-4-13(9)19-14/h5-8,15H,2-4H2,1H3. The lowest BCUT2D eigenvalue weighted by molar-refractivity contribution is 0.409. The molecule has 1 unspecified atom stereocenters. The molecule has 3 rings (SSSR count). The van der Waals surface area contributed by atoms with Crippen molar-refractivity contribution >= 4 is 27.3 Å². The number of ether oxygens (including phenoxy) is 1. The third kappa shape index (κ3) is 2.43. The number of fused-ring (bicyclic) bond motifs is 1. The molecule has 1 aliphatic rings. The second-order valence-electron chi connectivity index (χ2n) is 4.70. The van der Waals surface area contributed by atoms with Gasteiger partial charge in [0.1, 0.15) is 11.6 Å². The third-order valence-electron chi connectivity index (χ3n) is 3.48. The zero-order chi connectivity index (χ0) is 13.4. The Balaban J connectivity index is 1.98. The van der Waals surface area contributed by atoms with Gasteiger partial charge < -0.3 is 4.74 Å². The Morgan fingerprint density at radius 2 is 2.16 bits per heavy atom. The normalized spacial score (nSPS) is 15.3. The van der Waals surface area contributed by atoms with Gasteiger partial charge in [0.15, 0.2) is 0 Å². The molecule has 1 atom stereocenters. The summed E-state index contributed by atoms with van der Waals surface area (Å²) in [7, 11) is 1.62. The lowest BCUT2D eigenvalue weighted by atomic mass is 10.1. The molecule has 0 saturated carbocycles. The number of rotatable bonds is 3. The molecule has 0 fully saturated rings. The molecular weight excluding hydrogens is 327 g/mol. The van der Waals surface area contributed by atoms with Gasteiger partial charge in [-0.1, -0.05) is 15.9 Å². The summed E-state index contributed by atoms with van der Waals surface area (Å²) in [5.74, 6) is 0.487. The number of thiophene rings is 1. The molecule has 0 saturated heterocycles. The lowest BCUT2D eigenvalue weighted by Crippen LogP contribution is -1.96. The monoisotopic (exact) mass is 340 g/mol. The number of benzene rings is 1. The summed E-state index contributed by atoms with van der Waals surface area (Å²) in [6.07, 6.45) is 3.61. The summed E-state index contributed by atoms with van der Waals surface area (Å²) in [4.78, 5) is 2.71. The van der Waals surface area contributed by atoms with E-state index in [-0.39, 0.29) is 10.6 Å². The average Bonchev–Trinajstić information content (AvgIpc) is 2.98. The molecule has 0 N–H and O–H groups in total. The van der Waals surface area contributed by atoms with E-state index in [2.05, 4.69) is 22.0 Å². The van der Waals surface area contributed by atoms with Gasteiger partial charge in [-0.15, -0.1) is 11.3 Å². The minimum absolute atomic E-state index is 0.00579. The van der Waals surface area contributed by atoms with Crippen molar-refractivity contribution in [3.63, 3.8) is 0 Å². The topological polar surface area (TPSA) is 9.23 Å². The molecule has 1 aromatic heterocycles. The van der Waals surface area contributed by atoms with Gasteiger partial charge in [-0.05, 0) is 49.1 Å². The predicted molar refractivity (Wildman–Crippen MR) is 80.1 cm³/mol. The van der Waals surface area contributed by atoms with Gasteiger partial charge in [-0.3, -0.25) is 0 Å². The van der Waals surface area contributed by atoms with Crippen LogP contribution in [-0.2, 0) is 12.8 Å². The quantitative estimate of drug-likeness (QED) is 0.724. The van der Waals surface area contributed by atoms with E-state index in [9.17, 15) is 4.39 Å². The third-order valence-corrected chi connectivity index (χ3v) is 6.07. The molecule has 2 aromatic rings. The van der Waals surface area contributed by atoms with E-state index >= 15 is 0 Å². The molecule has 4 heteroatoms. The van der Waals surface area contributed by atoms with Crippen LogP contribution in [0.3, 0.4) is 0 Å². The van der Waals surface area contributed by atoms with Crippen LogP contribution < -0.4 is 4.74 Å². The van der Waals surface area contributed by atoms with Crippen LogP contribution in [0.25, 0.3) is 0 Å². The van der Waals surface area contributed by atoms with Crippen LogP contribution in [0.5, 0.6) is 5.75 Å². The highest BCUT2D eigenvalue weighted by Gasteiger charge is 2.22. The van der Waals surface area contributed by atoms with Crippen LogP contribution in [0.4, 0.5) is 4.39 Å². The number of hydrogen-bond acceptors (Lipinski definition) is 2. The fourth-order valence-corrected chi connectivity index (χ4v) is 4.56. The molecule has 1 heterocycles. The maximum atomic E-state index is 13.4. The SMILES string of the molecule is COc1ccc(F)cc1C(Br)c1cc2c(s1)CCC2. The Kier molecular flexibility index (Phi) is 3.63. The zero-order valence-electron chi connectivity index (χ0n) is 10.6. The first kappa shape index (κ1) is 13.1. The maximum absolute atomic E-state index is 13.4. The van der Waals surface area contributed by atoms with Gasteiger partial charge in [-0.2, -0.15) is 0 Å². The van der Waals surface area contributed by atoms with Crippen molar-refractivity contribution < 1.29 is 9.13 Å². The summed E-state index contributed by atoms with van der Waals surface area (Å²) < 4.78 is 18.8. The van der Waals surface area contributed by atoms with Gasteiger partial charge in [0.05, 0.1) is 11.9 Å². The molecule has 0 amide bonds. The molecule has 0 aliphatic heterocycles. The predicted octanol–water partition coefficient (Wildman–Crippen LogP) is 4.87. The molecule has 19 heavy (non-hydrogen) atoms. The van der Waals surface area contributed by atoms with Crippen LogP contribution in [0.15, 0.2) is 24.3 Å². The first-order valence-electron chi connectivity index (χ1n) is 6.28. The molecule has 0 radical (unpaired) electrons. The van der Waals surface area contributed by atoms with Gasteiger partial charge >= 0.3 is 0 Å². The number of methoxy groups -OCH3 is 1. The van der Waals surface area contributed by atoms with Crippen molar-refractivity contribution in [2.24, 2.45) is 0 Å². The Labute approximate surface area is 124 Å². The first-order valence-corrected chi connectivity index (χ1v) is 8.01. The smallest absolute Gasteiger partial charge is 0.123 e. The van der Waals surface area contributed by atoms with Gasteiger partial charge in [-0.25, -0.2) is 4.39 Å². The summed E-state index contributed by atoms with van der Waals surface area (Å²) in [6, 6.07) is 6.90. The van der Waals surface area contributed by atoms with E-state index < -0.39 is 0 Å². The largest absolute Gasteiger partial charge is 0.496 e. The molecule has 1 aromatic carbocycles. The van der Waals surface area contributed by atoms with Gasteiger partial charge in [0.25, 0.3) is 0 Å². The fraction of sp³-hybridized carbons (Fsp3) is 0.333. The highest BCUT2D eigenvalue weighted by atomic mass is 79.9. The van der Waals surface area contributed by atoms with Crippen molar-refractivity contribution in [2.75, 3.05) is 7.11 Å². The minimum atomic E-state index is -0.232. The molecular formula is C15H14BrFOS. The van der Waals surface area contributed by atoms with Crippen molar-refractivity contribution in [1.29, 1.82) is 0 Å². The lowest BCUT2D eigenvalue weighted by Gasteiger charge is -2.13. The molecule has 1 aliphatic carbocycles. The van der Waals surface area contributed by atoms with E-state index in [4.69, 9.17) is 4.74 Å². The zero-order valence-corrected chi connectivity index (χ0v) is 13.0. The van der Waals surface area contributed by atoms with Crippen LogP contribution in [0.2, 0.25) is 0 Å². The van der Waals surface area contributed by atoms with E-state index in [0.717, 1.165) is 11.3 Å². The Bertz CT molecular complexity index is 587.